The van der Waals surface area contributed by atoms with Gasteiger partial charge in [0.2, 0.25) is 0 Å². The second-order valence-corrected chi connectivity index (χ2v) is 4.05. The molecule has 0 aliphatic rings. The summed E-state index contributed by atoms with van der Waals surface area (Å²) in [7, 11) is 3.06. The highest BCUT2D eigenvalue weighted by Gasteiger charge is 2.09. The number of ether oxygens (including phenoxy) is 2. The van der Waals surface area contributed by atoms with Crippen LogP contribution in [0.4, 0.5) is 0 Å². The predicted octanol–water partition coefficient (Wildman–Crippen LogP) is 1.65. The lowest BCUT2D eigenvalue weighted by molar-refractivity contribution is -0.0672. The quantitative estimate of drug-likeness (QED) is 0.486. The summed E-state index contributed by atoms with van der Waals surface area (Å²) in [5.41, 5.74) is 0. The molecule has 0 aromatic rings. The summed E-state index contributed by atoms with van der Waals surface area (Å²) in [5, 5.41) is 19.3. The number of aliphatic hydroxyl groups is 2. The molecule has 0 unspecified atom stereocenters. The van der Waals surface area contributed by atoms with Gasteiger partial charge in [-0.2, -0.15) is 0 Å². The Labute approximate surface area is 109 Å². The third kappa shape index (κ3) is 7.40. The van der Waals surface area contributed by atoms with Crippen LogP contribution >= 0.6 is 0 Å². The molecule has 0 aromatic carbocycles. The SMILES string of the molecule is C=CC[C@@H](O)C=C[C@@H](C)[C@@H](O)/C=C/C(OC)OC. The summed E-state index contributed by atoms with van der Waals surface area (Å²) >= 11 is 0. The highest BCUT2D eigenvalue weighted by Crippen LogP contribution is 2.09. The topological polar surface area (TPSA) is 58.9 Å². The van der Waals surface area contributed by atoms with Crippen LogP contribution in [0.25, 0.3) is 0 Å². The van der Waals surface area contributed by atoms with Crippen molar-refractivity contribution < 1.29 is 19.7 Å². The minimum Gasteiger partial charge on any atom is -0.389 e. The molecule has 0 aliphatic heterocycles. The number of aliphatic hydroxyl groups excluding tert-OH is 2. The van der Waals surface area contributed by atoms with Crippen molar-refractivity contribution in [3.8, 4) is 0 Å². The standard InChI is InChI=1S/C14H24O4/c1-5-6-12(15)8-7-11(2)13(16)9-10-14(17-3)18-4/h5,7-16H,1,6H2,2-4H3/b8-7?,10-9+/t11-,12-,13+/m1/s1. The van der Waals surface area contributed by atoms with E-state index >= 15 is 0 Å². The zero-order valence-corrected chi connectivity index (χ0v) is 11.3. The van der Waals surface area contributed by atoms with E-state index in [-0.39, 0.29) is 5.92 Å². The summed E-state index contributed by atoms with van der Waals surface area (Å²) in [6, 6.07) is 0. The Morgan fingerprint density at radius 3 is 2.17 bits per heavy atom. The second kappa shape index (κ2) is 10.0. The molecule has 0 amide bonds. The fourth-order valence-electron chi connectivity index (χ4n) is 1.30. The van der Waals surface area contributed by atoms with Gasteiger partial charge in [-0.3, -0.25) is 0 Å². The molecule has 0 saturated carbocycles. The van der Waals surface area contributed by atoms with Gasteiger partial charge in [0.25, 0.3) is 0 Å². The summed E-state index contributed by atoms with van der Waals surface area (Å²) < 4.78 is 9.94. The van der Waals surface area contributed by atoms with Crippen molar-refractivity contribution in [2.45, 2.75) is 31.8 Å². The Bertz CT molecular complexity index is 269. The maximum atomic E-state index is 9.85. The minimum absolute atomic E-state index is 0.102. The van der Waals surface area contributed by atoms with Gasteiger partial charge in [0.15, 0.2) is 6.29 Å². The van der Waals surface area contributed by atoms with Crippen molar-refractivity contribution >= 4 is 0 Å². The molecule has 4 nitrogen and oxygen atoms in total. The van der Waals surface area contributed by atoms with E-state index in [1.807, 2.05) is 6.92 Å². The van der Waals surface area contributed by atoms with Crippen LogP contribution in [-0.4, -0.2) is 42.9 Å². The van der Waals surface area contributed by atoms with Crippen LogP contribution in [0, 0.1) is 5.92 Å². The van der Waals surface area contributed by atoms with Crippen molar-refractivity contribution in [3.63, 3.8) is 0 Å². The van der Waals surface area contributed by atoms with E-state index in [1.54, 1.807) is 30.4 Å². The van der Waals surface area contributed by atoms with E-state index in [9.17, 15) is 10.2 Å². The predicted molar refractivity (Wildman–Crippen MR) is 72.1 cm³/mol. The fraction of sp³-hybridized carbons (Fsp3) is 0.571. The van der Waals surface area contributed by atoms with Crippen molar-refractivity contribution in [2.24, 2.45) is 5.92 Å². The molecule has 0 heterocycles. The number of methoxy groups -OCH3 is 2. The summed E-state index contributed by atoms with van der Waals surface area (Å²) in [4.78, 5) is 0. The van der Waals surface area contributed by atoms with Gasteiger partial charge < -0.3 is 19.7 Å². The Hall–Kier alpha value is -0.940. The molecule has 3 atom stereocenters. The molecule has 0 rings (SSSR count). The van der Waals surface area contributed by atoms with Crippen molar-refractivity contribution in [1.29, 1.82) is 0 Å². The van der Waals surface area contributed by atoms with Crippen LogP contribution in [0.5, 0.6) is 0 Å². The molecule has 0 spiro atoms. The first-order valence-corrected chi connectivity index (χ1v) is 5.94. The summed E-state index contributed by atoms with van der Waals surface area (Å²) in [5.74, 6) is -0.102. The van der Waals surface area contributed by atoms with E-state index in [2.05, 4.69) is 6.58 Å². The van der Waals surface area contributed by atoms with Gasteiger partial charge in [-0.25, -0.2) is 0 Å². The molecule has 18 heavy (non-hydrogen) atoms. The van der Waals surface area contributed by atoms with Gasteiger partial charge in [0.1, 0.15) is 0 Å². The lowest BCUT2D eigenvalue weighted by atomic mass is 10.0. The monoisotopic (exact) mass is 256 g/mol. The molecular weight excluding hydrogens is 232 g/mol. The molecule has 2 N–H and O–H groups in total. The Balaban J connectivity index is 4.24. The van der Waals surface area contributed by atoms with Gasteiger partial charge in [0.05, 0.1) is 12.2 Å². The van der Waals surface area contributed by atoms with Crippen molar-refractivity contribution in [3.05, 3.63) is 37.0 Å². The highest BCUT2D eigenvalue weighted by atomic mass is 16.7. The van der Waals surface area contributed by atoms with Crippen LogP contribution in [0.2, 0.25) is 0 Å². The normalized spacial score (nSPS) is 17.4. The molecule has 0 saturated heterocycles. The molecule has 0 aromatic heterocycles. The van der Waals surface area contributed by atoms with Gasteiger partial charge in [-0.05, 0) is 12.5 Å². The Morgan fingerprint density at radius 1 is 1.06 bits per heavy atom. The third-order valence-corrected chi connectivity index (χ3v) is 2.51. The largest absolute Gasteiger partial charge is 0.389 e. The maximum absolute atomic E-state index is 9.85. The average molecular weight is 256 g/mol. The molecule has 0 aliphatic carbocycles. The van der Waals surface area contributed by atoms with E-state index in [0.717, 1.165) is 0 Å². The lowest BCUT2D eigenvalue weighted by Gasteiger charge is -2.13. The van der Waals surface area contributed by atoms with Crippen molar-refractivity contribution in [2.75, 3.05) is 14.2 Å². The van der Waals surface area contributed by atoms with E-state index < -0.39 is 18.5 Å². The van der Waals surface area contributed by atoms with E-state index in [0.29, 0.717) is 6.42 Å². The first kappa shape index (κ1) is 17.1. The number of hydrogen-bond donors (Lipinski definition) is 2. The zero-order chi connectivity index (χ0) is 14.0. The molecule has 0 fully saturated rings. The lowest BCUT2D eigenvalue weighted by Crippen LogP contribution is -2.16. The highest BCUT2D eigenvalue weighted by molar-refractivity contribution is 5.02. The fourth-order valence-corrected chi connectivity index (χ4v) is 1.30. The molecule has 0 radical (unpaired) electrons. The van der Waals surface area contributed by atoms with Crippen LogP contribution in [-0.2, 0) is 9.47 Å². The summed E-state index contributed by atoms with van der Waals surface area (Å²) in [6.07, 6.45) is 7.20. The van der Waals surface area contributed by atoms with Crippen LogP contribution in [0.1, 0.15) is 13.3 Å². The summed E-state index contributed by atoms with van der Waals surface area (Å²) in [6.45, 7) is 5.41. The molecule has 104 valence electrons. The van der Waals surface area contributed by atoms with Crippen LogP contribution < -0.4 is 0 Å². The van der Waals surface area contributed by atoms with Gasteiger partial charge >= 0.3 is 0 Å². The molecule has 4 heteroatoms. The zero-order valence-electron chi connectivity index (χ0n) is 11.3. The minimum atomic E-state index is -0.648. The van der Waals surface area contributed by atoms with Gasteiger partial charge in [0, 0.05) is 20.1 Å². The van der Waals surface area contributed by atoms with Gasteiger partial charge in [-0.1, -0.05) is 31.2 Å². The first-order chi connectivity index (χ1) is 8.54. The number of rotatable bonds is 9. The molecule has 0 bridgehead atoms. The second-order valence-electron chi connectivity index (χ2n) is 4.05. The molecular formula is C14H24O4. The van der Waals surface area contributed by atoms with Crippen molar-refractivity contribution in [1.82, 2.24) is 0 Å². The number of hydrogen-bond acceptors (Lipinski definition) is 4. The first-order valence-electron chi connectivity index (χ1n) is 5.94. The Morgan fingerprint density at radius 2 is 1.67 bits per heavy atom. The maximum Gasteiger partial charge on any atom is 0.176 e. The average Bonchev–Trinajstić information content (AvgIpc) is 2.37. The van der Waals surface area contributed by atoms with Crippen LogP contribution in [0.15, 0.2) is 37.0 Å². The smallest absolute Gasteiger partial charge is 0.176 e. The van der Waals surface area contributed by atoms with E-state index in [4.69, 9.17) is 9.47 Å². The van der Waals surface area contributed by atoms with Gasteiger partial charge in [-0.15, -0.1) is 6.58 Å². The Kier molecular flexibility index (Phi) is 9.50. The third-order valence-electron chi connectivity index (χ3n) is 2.51. The van der Waals surface area contributed by atoms with E-state index in [1.165, 1.54) is 14.2 Å². The van der Waals surface area contributed by atoms with Crippen LogP contribution in [0.3, 0.4) is 0 Å².